The lowest BCUT2D eigenvalue weighted by Gasteiger charge is -2.44. The minimum atomic E-state index is -4.47. The van der Waals surface area contributed by atoms with E-state index in [1.54, 1.807) is 6.07 Å². The molecule has 1 aliphatic carbocycles. The molecule has 3 heterocycles. The monoisotopic (exact) mass is 488 g/mol. The zero-order chi connectivity index (χ0) is 25.0. The molecule has 0 saturated carbocycles. The van der Waals surface area contributed by atoms with Gasteiger partial charge in [-0.25, -0.2) is 4.79 Å². The lowest BCUT2D eigenvalue weighted by Crippen LogP contribution is -2.53. The van der Waals surface area contributed by atoms with Crippen LogP contribution < -0.4 is 10.1 Å². The van der Waals surface area contributed by atoms with E-state index in [1.165, 1.54) is 7.11 Å². The molecule has 0 aromatic heterocycles. The van der Waals surface area contributed by atoms with Crippen LogP contribution in [0.2, 0.25) is 0 Å². The van der Waals surface area contributed by atoms with Gasteiger partial charge in [-0.1, -0.05) is 32.0 Å². The molecule has 5 nitrogen and oxygen atoms in total. The highest BCUT2D eigenvalue weighted by Crippen LogP contribution is 2.47. The molecule has 0 radical (unpaired) electrons. The minimum Gasteiger partial charge on any atom is -0.497 e. The third-order valence-electron chi connectivity index (χ3n) is 7.80. The van der Waals surface area contributed by atoms with Crippen molar-refractivity contribution in [1.29, 1.82) is 0 Å². The number of piperidine rings is 3. The van der Waals surface area contributed by atoms with Crippen molar-refractivity contribution < 1.29 is 27.4 Å². The second kappa shape index (κ2) is 8.73. The van der Waals surface area contributed by atoms with E-state index >= 15 is 0 Å². The molecular formula is C27H31F3N2O3. The van der Waals surface area contributed by atoms with Gasteiger partial charge in [-0.3, -0.25) is 4.90 Å². The minimum absolute atomic E-state index is 0.0697. The Bertz CT molecular complexity index is 1120. The third kappa shape index (κ3) is 4.73. The quantitative estimate of drug-likeness (QED) is 0.589. The number of ether oxygens (including phenoxy) is 2. The molecule has 1 amide bonds. The smallest absolute Gasteiger partial charge is 0.416 e. The van der Waals surface area contributed by atoms with Gasteiger partial charge in [-0.05, 0) is 84.1 Å². The first kappa shape index (κ1) is 24.0. The van der Waals surface area contributed by atoms with Crippen molar-refractivity contribution in [2.75, 3.05) is 26.7 Å². The van der Waals surface area contributed by atoms with Gasteiger partial charge in [0.15, 0.2) is 0 Å². The number of rotatable bonds is 4. The van der Waals surface area contributed by atoms with E-state index in [-0.39, 0.29) is 23.3 Å². The van der Waals surface area contributed by atoms with Crippen molar-refractivity contribution in [3.05, 3.63) is 53.1 Å². The molecule has 3 fully saturated rings. The molecule has 6 rings (SSSR count). The standard InChI is InChI=1S/C27H31F3N2O3/c1-26(2)14-19-10-17(18-11-20(27(28,29)30)13-21(12-18)34-3)4-5-22(19)24(26)31-25(33)35-23-15-32-8-6-16(23)7-9-32/h4-5,10-13,16,23-24H,6-9,14-15H2,1-3H3,(H,31,33)/t23-,24?/m0/s1. The normalized spacial score (nSPS) is 26.8. The zero-order valence-corrected chi connectivity index (χ0v) is 20.2. The number of hydrogen-bond acceptors (Lipinski definition) is 4. The molecule has 2 aromatic carbocycles. The topological polar surface area (TPSA) is 50.8 Å². The number of fused-ring (bicyclic) bond motifs is 4. The number of benzene rings is 2. The molecule has 1 unspecified atom stereocenters. The Morgan fingerprint density at radius 1 is 1.09 bits per heavy atom. The van der Waals surface area contributed by atoms with Crippen LogP contribution >= 0.6 is 0 Å². The van der Waals surface area contributed by atoms with Crippen molar-refractivity contribution in [2.45, 2.75) is 51.4 Å². The second-order valence-electron chi connectivity index (χ2n) is 10.7. The average Bonchev–Trinajstić information content (AvgIpc) is 3.07. The highest BCUT2D eigenvalue weighted by Gasteiger charge is 2.42. The van der Waals surface area contributed by atoms with E-state index in [2.05, 4.69) is 24.1 Å². The highest BCUT2D eigenvalue weighted by molar-refractivity contribution is 5.71. The Hall–Kier alpha value is -2.74. The Kier molecular flexibility index (Phi) is 5.98. The van der Waals surface area contributed by atoms with Crippen LogP contribution in [0.15, 0.2) is 36.4 Å². The second-order valence-corrected chi connectivity index (χ2v) is 10.7. The first-order valence-corrected chi connectivity index (χ1v) is 12.1. The SMILES string of the molecule is COc1cc(-c2ccc3c(c2)CC(C)(C)C3NC(=O)O[C@H]2CN3CCC2CC3)cc(C(F)(F)F)c1. The number of alkyl halides is 3. The number of nitrogens with zero attached hydrogens (tertiary/aromatic N) is 1. The summed E-state index contributed by atoms with van der Waals surface area (Å²) in [6, 6.07) is 9.15. The molecule has 3 aliphatic heterocycles. The van der Waals surface area contributed by atoms with Crippen LogP contribution in [0, 0.1) is 11.3 Å². The van der Waals surface area contributed by atoms with E-state index in [1.807, 2.05) is 18.2 Å². The Morgan fingerprint density at radius 3 is 2.46 bits per heavy atom. The molecule has 0 spiro atoms. The summed E-state index contributed by atoms with van der Waals surface area (Å²) >= 11 is 0. The number of amides is 1. The number of nitrogens with one attached hydrogen (secondary N) is 1. The summed E-state index contributed by atoms with van der Waals surface area (Å²) in [7, 11) is 1.36. The van der Waals surface area contributed by atoms with E-state index in [0.29, 0.717) is 23.5 Å². The maximum Gasteiger partial charge on any atom is 0.416 e. The first-order valence-electron chi connectivity index (χ1n) is 12.1. The summed E-state index contributed by atoms with van der Waals surface area (Å²) in [5, 5.41) is 3.09. The molecule has 35 heavy (non-hydrogen) atoms. The molecular weight excluding hydrogens is 457 g/mol. The molecule has 2 aromatic rings. The van der Waals surface area contributed by atoms with Crippen LogP contribution in [-0.2, 0) is 17.3 Å². The summed E-state index contributed by atoms with van der Waals surface area (Å²) < 4.78 is 51.2. The molecule has 1 N–H and O–H groups in total. The summed E-state index contributed by atoms with van der Waals surface area (Å²) in [6.07, 6.45) is -2.11. The third-order valence-corrected chi connectivity index (χ3v) is 7.80. The Balaban J connectivity index is 1.37. The van der Waals surface area contributed by atoms with Crippen LogP contribution in [0.1, 0.15) is 49.4 Å². The van der Waals surface area contributed by atoms with Gasteiger partial charge < -0.3 is 14.8 Å². The summed E-state index contributed by atoms with van der Waals surface area (Å²) in [4.78, 5) is 15.2. The van der Waals surface area contributed by atoms with Crippen molar-refractivity contribution in [3.63, 3.8) is 0 Å². The summed E-state index contributed by atoms with van der Waals surface area (Å²) in [5.74, 6) is 0.590. The van der Waals surface area contributed by atoms with Gasteiger partial charge in [0.05, 0.1) is 18.7 Å². The van der Waals surface area contributed by atoms with E-state index in [0.717, 1.165) is 55.7 Å². The van der Waals surface area contributed by atoms with Gasteiger partial charge in [-0.2, -0.15) is 13.2 Å². The summed E-state index contributed by atoms with van der Waals surface area (Å²) in [5.41, 5.74) is 2.10. The highest BCUT2D eigenvalue weighted by atomic mass is 19.4. The number of hydrogen-bond donors (Lipinski definition) is 1. The van der Waals surface area contributed by atoms with Crippen molar-refractivity contribution in [2.24, 2.45) is 11.3 Å². The fourth-order valence-electron chi connectivity index (χ4n) is 5.89. The van der Waals surface area contributed by atoms with Crippen LogP contribution in [0.3, 0.4) is 0 Å². The number of carbonyl (C=O) groups excluding carboxylic acids is 1. The molecule has 188 valence electrons. The Morgan fingerprint density at radius 2 is 1.83 bits per heavy atom. The predicted octanol–water partition coefficient (Wildman–Crippen LogP) is 5.82. The average molecular weight is 489 g/mol. The van der Waals surface area contributed by atoms with Gasteiger partial charge in [0.25, 0.3) is 0 Å². The maximum absolute atomic E-state index is 13.4. The molecule has 8 heteroatoms. The molecule has 3 saturated heterocycles. The zero-order valence-electron chi connectivity index (χ0n) is 20.2. The van der Waals surface area contributed by atoms with Gasteiger partial charge >= 0.3 is 12.3 Å². The molecule has 4 aliphatic rings. The van der Waals surface area contributed by atoms with Crippen LogP contribution in [0.25, 0.3) is 11.1 Å². The number of methoxy groups -OCH3 is 1. The lowest BCUT2D eigenvalue weighted by molar-refractivity contribution is -0.137. The Labute approximate surface area is 203 Å². The maximum atomic E-state index is 13.4. The van der Waals surface area contributed by atoms with E-state index in [4.69, 9.17) is 9.47 Å². The van der Waals surface area contributed by atoms with Gasteiger partial charge in [0.2, 0.25) is 0 Å². The van der Waals surface area contributed by atoms with Crippen LogP contribution in [0.5, 0.6) is 5.75 Å². The van der Waals surface area contributed by atoms with Crippen molar-refractivity contribution in [1.82, 2.24) is 10.2 Å². The fourth-order valence-corrected chi connectivity index (χ4v) is 5.89. The summed E-state index contributed by atoms with van der Waals surface area (Å²) in [6.45, 7) is 7.12. The van der Waals surface area contributed by atoms with Gasteiger partial charge in [0.1, 0.15) is 11.9 Å². The fraction of sp³-hybridized carbons (Fsp3) is 0.519. The van der Waals surface area contributed by atoms with Crippen molar-refractivity contribution in [3.8, 4) is 16.9 Å². The number of halogens is 3. The van der Waals surface area contributed by atoms with Crippen molar-refractivity contribution >= 4 is 6.09 Å². The largest absolute Gasteiger partial charge is 0.497 e. The molecule has 2 atom stereocenters. The van der Waals surface area contributed by atoms with Gasteiger partial charge in [0, 0.05) is 6.54 Å². The number of carbonyl (C=O) groups is 1. The number of alkyl carbamates (subject to hydrolysis) is 1. The van der Waals surface area contributed by atoms with E-state index in [9.17, 15) is 18.0 Å². The van der Waals surface area contributed by atoms with Crippen LogP contribution in [-0.4, -0.2) is 43.8 Å². The van der Waals surface area contributed by atoms with Gasteiger partial charge in [-0.15, -0.1) is 0 Å². The molecule has 2 bridgehead atoms. The van der Waals surface area contributed by atoms with E-state index < -0.39 is 17.8 Å². The predicted molar refractivity (Wildman–Crippen MR) is 126 cm³/mol. The first-order chi connectivity index (χ1) is 16.5. The van der Waals surface area contributed by atoms with Crippen LogP contribution in [0.4, 0.5) is 18.0 Å². The lowest BCUT2D eigenvalue weighted by atomic mass is 9.85.